The Balaban J connectivity index is 1.54. The van der Waals surface area contributed by atoms with Crippen LogP contribution < -0.4 is 14.2 Å². The van der Waals surface area contributed by atoms with Gasteiger partial charge in [-0.1, -0.05) is 92.7 Å². The minimum atomic E-state index is 0.215. The molecule has 38 heavy (non-hydrogen) atoms. The third-order valence-electron chi connectivity index (χ3n) is 6.60. The summed E-state index contributed by atoms with van der Waals surface area (Å²) in [7, 11) is 1.53. The quantitative estimate of drug-likeness (QED) is 0.169. The lowest BCUT2D eigenvalue weighted by Gasteiger charge is -2.16. The average molecular weight is 508 g/mol. The summed E-state index contributed by atoms with van der Waals surface area (Å²) < 4.78 is 14.9. The van der Waals surface area contributed by atoms with Gasteiger partial charge in [-0.05, 0) is 28.7 Å². The van der Waals surface area contributed by atoms with E-state index in [0.717, 1.165) is 33.3 Å². The molecule has 0 saturated heterocycles. The molecule has 0 aliphatic carbocycles. The zero-order valence-corrected chi connectivity index (χ0v) is 22.1. The predicted octanol–water partition coefficient (Wildman–Crippen LogP) is 6.09. The molecule has 3 aromatic carbocycles. The van der Waals surface area contributed by atoms with Gasteiger partial charge in [-0.25, -0.2) is 4.98 Å². The number of methoxy groups -OCH3 is 1. The number of para-hydroxylation sites is 1. The zero-order valence-electron chi connectivity index (χ0n) is 22.1. The van der Waals surface area contributed by atoms with Gasteiger partial charge in [0.25, 0.3) is 11.6 Å². The van der Waals surface area contributed by atoms with Crippen molar-refractivity contribution in [1.82, 2.24) is 9.55 Å². The molecule has 0 spiro atoms. The van der Waals surface area contributed by atoms with E-state index in [1.54, 1.807) is 0 Å². The first kappa shape index (κ1) is 25.3. The Morgan fingerprint density at radius 2 is 1.55 bits per heavy atom. The summed E-state index contributed by atoms with van der Waals surface area (Å²) in [5, 5.41) is 14.7. The topological polar surface area (TPSA) is 63.2 Å². The molecule has 5 aromatic rings. The number of hydrogen-bond acceptors (Lipinski definition) is 4. The van der Waals surface area contributed by atoms with E-state index in [4.69, 9.17) is 14.5 Å². The average Bonchev–Trinajstić information content (AvgIpc) is 3.27. The summed E-state index contributed by atoms with van der Waals surface area (Å²) in [5.74, 6) is 0.830. The molecular formula is C32H33N3O3. The Morgan fingerprint density at radius 1 is 0.895 bits per heavy atom. The van der Waals surface area contributed by atoms with Crippen LogP contribution in [-0.4, -0.2) is 16.7 Å². The van der Waals surface area contributed by atoms with Crippen LogP contribution >= 0.6 is 0 Å². The maximum atomic E-state index is 13.6. The highest BCUT2D eigenvalue weighted by Crippen LogP contribution is 2.29. The van der Waals surface area contributed by atoms with Crippen LogP contribution in [0.2, 0.25) is 0 Å². The van der Waals surface area contributed by atoms with Crippen molar-refractivity contribution >= 4 is 10.9 Å². The number of rotatable bonds is 10. The van der Waals surface area contributed by atoms with Crippen molar-refractivity contribution in [3.8, 4) is 11.8 Å². The molecule has 0 atom stereocenters. The number of ether oxygens (including phenoxy) is 2. The van der Waals surface area contributed by atoms with Gasteiger partial charge in [-0.3, -0.25) is 0 Å². The van der Waals surface area contributed by atoms with Crippen LogP contribution in [0.3, 0.4) is 0 Å². The molecule has 0 unspecified atom stereocenters. The molecular weight excluding hydrogens is 474 g/mol. The molecule has 6 heteroatoms. The van der Waals surface area contributed by atoms with Crippen LogP contribution in [0.4, 0.5) is 0 Å². The molecule has 5 rings (SSSR count). The van der Waals surface area contributed by atoms with Crippen molar-refractivity contribution in [2.24, 2.45) is 5.92 Å². The fourth-order valence-electron chi connectivity index (χ4n) is 4.83. The molecule has 0 aliphatic heterocycles. The maximum Gasteiger partial charge on any atom is 0.402 e. The third-order valence-corrected chi connectivity index (χ3v) is 6.60. The highest BCUT2D eigenvalue weighted by molar-refractivity contribution is 5.84. The SMILES string of the molecule is COc1c(Cc2cn(Cc3ccccc3)c3ccccc23)nc(OCc2ccccc2)c(CC(C)C)[n+]1[O-]. The van der Waals surface area contributed by atoms with Gasteiger partial charge in [0.1, 0.15) is 6.61 Å². The van der Waals surface area contributed by atoms with E-state index in [-0.39, 0.29) is 11.8 Å². The zero-order chi connectivity index (χ0) is 26.5. The minimum absolute atomic E-state index is 0.215. The van der Waals surface area contributed by atoms with Crippen LogP contribution in [0.15, 0.2) is 91.1 Å². The number of aromatic nitrogens is 3. The van der Waals surface area contributed by atoms with Gasteiger partial charge in [-0.2, -0.15) is 0 Å². The normalized spacial score (nSPS) is 11.3. The lowest BCUT2D eigenvalue weighted by atomic mass is 10.1. The van der Waals surface area contributed by atoms with Crippen molar-refractivity contribution in [1.29, 1.82) is 0 Å². The van der Waals surface area contributed by atoms with E-state index in [1.807, 2.05) is 48.5 Å². The lowest BCUT2D eigenvalue weighted by Crippen LogP contribution is -2.37. The largest absolute Gasteiger partial charge is 0.616 e. The van der Waals surface area contributed by atoms with Crippen molar-refractivity contribution in [2.75, 3.05) is 7.11 Å². The Kier molecular flexibility index (Phi) is 7.59. The van der Waals surface area contributed by atoms with E-state index < -0.39 is 0 Å². The maximum absolute atomic E-state index is 13.6. The van der Waals surface area contributed by atoms with E-state index in [9.17, 15) is 5.21 Å². The Bertz CT molecular complexity index is 1510. The highest BCUT2D eigenvalue weighted by atomic mass is 16.5. The number of hydrogen-bond donors (Lipinski definition) is 0. The highest BCUT2D eigenvalue weighted by Gasteiger charge is 2.28. The standard InChI is InChI=1S/C32H33N3O3/c1-23(2)18-30-31(38-22-25-14-8-5-9-15-25)33-28(32(37-3)35(30)36)19-26-21-34(20-24-12-6-4-7-13-24)29-17-11-10-16-27(26)29/h4-17,21,23H,18-20,22H2,1-3H3. The van der Waals surface area contributed by atoms with Crippen molar-refractivity contribution in [3.05, 3.63) is 124 Å². The summed E-state index contributed by atoms with van der Waals surface area (Å²) in [5.41, 5.74) is 5.50. The third kappa shape index (κ3) is 5.49. The predicted molar refractivity (Wildman–Crippen MR) is 149 cm³/mol. The summed E-state index contributed by atoms with van der Waals surface area (Å²) in [6.07, 6.45) is 3.13. The Hall–Kier alpha value is -4.32. The van der Waals surface area contributed by atoms with Crippen LogP contribution in [0, 0.1) is 11.1 Å². The lowest BCUT2D eigenvalue weighted by molar-refractivity contribution is -0.622. The van der Waals surface area contributed by atoms with Crippen molar-refractivity contribution in [3.63, 3.8) is 0 Å². The molecule has 0 aliphatic rings. The molecule has 194 valence electrons. The number of nitrogens with zero attached hydrogens (tertiary/aromatic N) is 3. The molecule has 0 amide bonds. The van der Waals surface area contributed by atoms with E-state index in [2.05, 4.69) is 61.0 Å². The Labute approximate surface area is 223 Å². The molecule has 2 heterocycles. The van der Waals surface area contributed by atoms with E-state index >= 15 is 0 Å². The second kappa shape index (κ2) is 11.4. The molecule has 0 saturated carbocycles. The summed E-state index contributed by atoms with van der Waals surface area (Å²) in [4.78, 5) is 4.89. The monoisotopic (exact) mass is 507 g/mol. The van der Waals surface area contributed by atoms with Gasteiger partial charge in [0.2, 0.25) is 0 Å². The van der Waals surface area contributed by atoms with Crippen LogP contribution in [0.5, 0.6) is 11.8 Å². The van der Waals surface area contributed by atoms with Gasteiger partial charge in [0, 0.05) is 36.5 Å². The van der Waals surface area contributed by atoms with Gasteiger partial charge in [0.15, 0.2) is 5.69 Å². The first-order valence-corrected chi connectivity index (χ1v) is 13.0. The molecule has 0 radical (unpaired) electrons. The second-order valence-electron chi connectivity index (χ2n) is 9.95. The smallest absolute Gasteiger partial charge is 0.402 e. The van der Waals surface area contributed by atoms with Crippen LogP contribution in [-0.2, 0) is 26.0 Å². The Morgan fingerprint density at radius 3 is 2.24 bits per heavy atom. The van der Waals surface area contributed by atoms with Crippen LogP contribution in [0.25, 0.3) is 10.9 Å². The first-order valence-electron chi connectivity index (χ1n) is 13.0. The molecule has 2 aromatic heterocycles. The van der Waals surface area contributed by atoms with Crippen molar-refractivity contribution in [2.45, 2.75) is 39.8 Å². The fourth-order valence-corrected chi connectivity index (χ4v) is 4.83. The van der Waals surface area contributed by atoms with Gasteiger partial charge in [0.05, 0.1) is 7.11 Å². The summed E-state index contributed by atoms with van der Waals surface area (Å²) in [6.45, 7) is 5.24. The van der Waals surface area contributed by atoms with Crippen molar-refractivity contribution < 1.29 is 14.2 Å². The fraction of sp³-hybridized carbons (Fsp3) is 0.250. The van der Waals surface area contributed by atoms with Gasteiger partial charge >= 0.3 is 5.88 Å². The first-order chi connectivity index (χ1) is 18.5. The minimum Gasteiger partial charge on any atom is -0.616 e. The number of fused-ring (bicyclic) bond motifs is 1. The second-order valence-corrected chi connectivity index (χ2v) is 9.95. The molecule has 0 bridgehead atoms. The summed E-state index contributed by atoms with van der Waals surface area (Å²) in [6, 6.07) is 28.6. The van der Waals surface area contributed by atoms with Gasteiger partial charge in [-0.15, -0.1) is 4.73 Å². The summed E-state index contributed by atoms with van der Waals surface area (Å²) >= 11 is 0. The molecule has 6 nitrogen and oxygen atoms in total. The molecule has 0 fully saturated rings. The molecule has 0 N–H and O–H groups in total. The van der Waals surface area contributed by atoms with Crippen LogP contribution in [0.1, 0.15) is 41.9 Å². The number of benzene rings is 3. The van der Waals surface area contributed by atoms with Gasteiger partial charge < -0.3 is 19.2 Å². The van der Waals surface area contributed by atoms with E-state index in [1.165, 1.54) is 12.7 Å². The van der Waals surface area contributed by atoms with E-state index in [0.29, 0.717) is 36.7 Å².